The molecule has 1 spiro atoms. The topological polar surface area (TPSA) is 43.9 Å². The van der Waals surface area contributed by atoms with E-state index >= 15 is 0 Å². The molecule has 1 aromatic rings. The van der Waals surface area contributed by atoms with Crippen LogP contribution in [0.5, 0.6) is 0 Å². The largest absolute Gasteiger partial charge is 0.342 e. The normalized spacial score (nSPS) is 30.2. The van der Waals surface area contributed by atoms with Gasteiger partial charge in [0.1, 0.15) is 0 Å². The number of nitrogens with zero attached hydrogens (tertiary/aromatic N) is 3. The minimum atomic E-state index is -0.195. The van der Waals surface area contributed by atoms with E-state index in [4.69, 9.17) is 11.6 Å². The van der Waals surface area contributed by atoms with E-state index in [1.165, 1.54) is 0 Å². The summed E-state index contributed by atoms with van der Waals surface area (Å²) in [6.45, 7) is 8.64. The number of amides is 2. The molecule has 2 amide bonds. The van der Waals surface area contributed by atoms with Gasteiger partial charge in [0.2, 0.25) is 5.91 Å². The lowest BCUT2D eigenvalue weighted by atomic mass is 9.65. The second-order valence-corrected chi connectivity index (χ2v) is 10.6. The average molecular weight is 444 g/mol. The molecule has 1 aliphatic carbocycles. The van der Waals surface area contributed by atoms with Crippen LogP contribution < -0.4 is 0 Å². The molecular weight excluding hydrogens is 410 g/mol. The molecule has 0 radical (unpaired) electrons. The van der Waals surface area contributed by atoms with E-state index in [1.807, 2.05) is 17.0 Å². The van der Waals surface area contributed by atoms with E-state index in [9.17, 15) is 9.59 Å². The maximum absolute atomic E-state index is 13.8. The lowest BCUT2D eigenvalue weighted by molar-refractivity contribution is -0.142. The smallest absolute Gasteiger partial charge is 0.253 e. The van der Waals surface area contributed by atoms with Gasteiger partial charge in [0.25, 0.3) is 5.91 Å². The Balaban J connectivity index is 1.34. The summed E-state index contributed by atoms with van der Waals surface area (Å²) < 4.78 is 0. The second-order valence-electron chi connectivity index (χ2n) is 10.2. The number of rotatable bonds is 3. The lowest BCUT2D eigenvalue weighted by Gasteiger charge is -2.45. The molecule has 3 saturated heterocycles. The summed E-state index contributed by atoms with van der Waals surface area (Å²) in [6, 6.07) is 7.26. The van der Waals surface area contributed by atoms with Crippen LogP contribution >= 0.6 is 11.6 Å². The first-order valence-corrected chi connectivity index (χ1v) is 12.4. The lowest BCUT2D eigenvalue weighted by Crippen LogP contribution is -2.50. The minimum Gasteiger partial charge on any atom is -0.342 e. The summed E-state index contributed by atoms with van der Waals surface area (Å²) in [4.78, 5) is 33.4. The van der Waals surface area contributed by atoms with Gasteiger partial charge in [-0.05, 0) is 74.6 Å². The van der Waals surface area contributed by atoms with Gasteiger partial charge in [0.15, 0.2) is 0 Å². The average Bonchev–Trinajstić information content (AvgIpc) is 3.51. The SMILES string of the molecule is CCN1C[C@H]2C3(CCN(C(=O)c4cccc(Cl)c4)CC3)CC[C@@]2(C(=O)N2CCCC2)C1. The van der Waals surface area contributed by atoms with Crippen molar-refractivity contribution in [2.45, 2.75) is 45.4 Å². The molecule has 1 aromatic carbocycles. The van der Waals surface area contributed by atoms with Crippen molar-refractivity contribution in [3.63, 3.8) is 0 Å². The number of likely N-dealkylation sites (tertiary alicyclic amines) is 3. The number of fused-ring (bicyclic) bond motifs is 2. The Labute approximate surface area is 190 Å². The molecule has 4 fully saturated rings. The zero-order valence-electron chi connectivity index (χ0n) is 18.6. The van der Waals surface area contributed by atoms with Gasteiger partial charge in [-0.2, -0.15) is 0 Å². The van der Waals surface area contributed by atoms with Crippen molar-refractivity contribution in [3.8, 4) is 0 Å². The highest BCUT2D eigenvalue weighted by atomic mass is 35.5. The standard InChI is InChI=1S/C25H34ClN3O2/c1-2-27-17-21-24(8-9-25(21,18-27)23(31)29-12-3-4-13-29)10-14-28(15-11-24)22(30)19-6-5-7-20(26)16-19/h5-7,16,21H,2-4,8-15,17-18H2,1H3/t21-,25+/m0/s1. The quantitative estimate of drug-likeness (QED) is 0.711. The molecule has 0 N–H and O–H groups in total. The molecule has 31 heavy (non-hydrogen) atoms. The number of carbonyl (C=O) groups excluding carboxylic acids is 2. The van der Waals surface area contributed by atoms with Crippen LogP contribution in [0.2, 0.25) is 5.02 Å². The van der Waals surface area contributed by atoms with Crippen LogP contribution in [0.1, 0.15) is 55.8 Å². The first-order chi connectivity index (χ1) is 15.0. The number of hydrogen-bond donors (Lipinski definition) is 0. The third-order valence-electron chi connectivity index (χ3n) is 8.81. The maximum Gasteiger partial charge on any atom is 0.253 e. The van der Waals surface area contributed by atoms with Crippen molar-refractivity contribution in [3.05, 3.63) is 34.9 Å². The number of hydrogen-bond acceptors (Lipinski definition) is 3. The predicted molar refractivity (Wildman–Crippen MR) is 122 cm³/mol. The molecule has 6 heteroatoms. The zero-order chi connectivity index (χ0) is 21.6. The molecule has 2 atom stereocenters. The molecular formula is C25H34ClN3O2. The monoisotopic (exact) mass is 443 g/mol. The van der Waals surface area contributed by atoms with Gasteiger partial charge < -0.3 is 14.7 Å². The number of piperidine rings is 1. The first kappa shape index (κ1) is 21.3. The van der Waals surface area contributed by atoms with Gasteiger partial charge in [-0.25, -0.2) is 0 Å². The molecule has 4 aliphatic rings. The van der Waals surface area contributed by atoms with Crippen LogP contribution in [-0.4, -0.2) is 72.3 Å². The van der Waals surface area contributed by atoms with Crippen LogP contribution in [0.4, 0.5) is 0 Å². The highest BCUT2D eigenvalue weighted by Gasteiger charge is 2.64. The van der Waals surface area contributed by atoms with Crippen LogP contribution in [0, 0.1) is 16.7 Å². The molecule has 168 valence electrons. The van der Waals surface area contributed by atoms with Crippen LogP contribution in [0.25, 0.3) is 0 Å². The summed E-state index contributed by atoms with van der Waals surface area (Å²) in [5, 5.41) is 0.603. The van der Waals surface area contributed by atoms with Crippen molar-refractivity contribution in [2.24, 2.45) is 16.7 Å². The first-order valence-electron chi connectivity index (χ1n) is 12.0. The summed E-state index contributed by atoms with van der Waals surface area (Å²) in [5.41, 5.74) is 0.677. The summed E-state index contributed by atoms with van der Waals surface area (Å²) in [5.74, 6) is 0.938. The number of benzene rings is 1. The molecule has 0 unspecified atom stereocenters. The van der Waals surface area contributed by atoms with Gasteiger partial charge in [-0.3, -0.25) is 9.59 Å². The molecule has 0 bridgehead atoms. The minimum absolute atomic E-state index is 0.0800. The fourth-order valence-electron chi connectivity index (χ4n) is 7.04. The highest BCUT2D eigenvalue weighted by Crippen LogP contribution is 2.62. The molecule has 5 nitrogen and oxygen atoms in total. The van der Waals surface area contributed by atoms with Gasteiger partial charge >= 0.3 is 0 Å². The van der Waals surface area contributed by atoms with Crippen molar-refractivity contribution in [2.75, 3.05) is 45.8 Å². The predicted octanol–water partition coefficient (Wildman–Crippen LogP) is 3.92. The third kappa shape index (κ3) is 3.48. The Hall–Kier alpha value is -1.59. The number of carbonyl (C=O) groups is 2. The fourth-order valence-corrected chi connectivity index (χ4v) is 7.23. The Morgan fingerprint density at radius 2 is 1.77 bits per heavy atom. The summed E-state index contributed by atoms with van der Waals surface area (Å²) in [7, 11) is 0. The van der Waals surface area contributed by atoms with Crippen LogP contribution in [-0.2, 0) is 4.79 Å². The van der Waals surface area contributed by atoms with E-state index in [-0.39, 0.29) is 16.7 Å². The van der Waals surface area contributed by atoms with Crippen molar-refractivity contribution >= 4 is 23.4 Å². The Morgan fingerprint density at radius 1 is 1.03 bits per heavy atom. The molecule has 5 rings (SSSR count). The van der Waals surface area contributed by atoms with Gasteiger partial charge in [0, 0.05) is 49.9 Å². The van der Waals surface area contributed by atoms with Gasteiger partial charge in [-0.15, -0.1) is 0 Å². The zero-order valence-corrected chi connectivity index (χ0v) is 19.4. The van der Waals surface area contributed by atoms with Gasteiger partial charge in [-0.1, -0.05) is 24.6 Å². The van der Waals surface area contributed by atoms with Crippen molar-refractivity contribution in [1.82, 2.24) is 14.7 Å². The van der Waals surface area contributed by atoms with E-state index in [0.29, 0.717) is 22.4 Å². The fraction of sp³-hybridized carbons (Fsp3) is 0.680. The molecule has 1 saturated carbocycles. The van der Waals surface area contributed by atoms with E-state index in [0.717, 1.165) is 84.3 Å². The van der Waals surface area contributed by atoms with E-state index < -0.39 is 0 Å². The Morgan fingerprint density at radius 3 is 2.45 bits per heavy atom. The van der Waals surface area contributed by atoms with Crippen LogP contribution in [0.3, 0.4) is 0 Å². The van der Waals surface area contributed by atoms with E-state index in [2.05, 4.69) is 16.7 Å². The maximum atomic E-state index is 13.8. The second kappa shape index (κ2) is 8.08. The Bertz CT molecular complexity index is 860. The summed E-state index contributed by atoms with van der Waals surface area (Å²) in [6.07, 6.45) is 6.47. The summed E-state index contributed by atoms with van der Waals surface area (Å²) >= 11 is 6.10. The highest BCUT2D eigenvalue weighted by molar-refractivity contribution is 6.30. The third-order valence-corrected chi connectivity index (χ3v) is 9.04. The van der Waals surface area contributed by atoms with Gasteiger partial charge in [0.05, 0.1) is 5.41 Å². The Kier molecular flexibility index (Phi) is 5.54. The number of halogens is 1. The van der Waals surface area contributed by atoms with Crippen molar-refractivity contribution in [1.29, 1.82) is 0 Å². The van der Waals surface area contributed by atoms with Crippen molar-refractivity contribution < 1.29 is 9.59 Å². The molecule has 3 heterocycles. The molecule has 0 aromatic heterocycles. The van der Waals surface area contributed by atoms with Crippen LogP contribution in [0.15, 0.2) is 24.3 Å². The van der Waals surface area contributed by atoms with E-state index in [1.54, 1.807) is 12.1 Å². The molecule has 3 aliphatic heterocycles.